The quantitative estimate of drug-likeness (QED) is 0.227. The molecule has 0 N–H and O–H groups in total. The van der Waals surface area contributed by atoms with E-state index < -0.39 is 0 Å². The topological polar surface area (TPSA) is 12.5 Å². The van der Waals surface area contributed by atoms with Gasteiger partial charge in [-0.2, -0.15) is 0 Å². The van der Waals surface area contributed by atoms with E-state index in [1.54, 1.807) is 31.3 Å². The lowest BCUT2D eigenvalue weighted by atomic mass is 9.61. The molecule has 8 fully saturated rings. The van der Waals surface area contributed by atoms with Crippen molar-refractivity contribution in [3.05, 3.63) is 36.0 Å². The summed E-state index contributed by atoms with van der Waals surface area (Å²) in [6.45, 7) is 0. The Morgan fingerprint density at radius 1 is 0.407 bits per heavy atom. The van der Waals surface area contributed by atoms with Crippen LogP contribution >= 0.6 is 0 Å². The Bertz CT molecular complexity index is 1450. The third kappa shape index (κ3) is 8.48. The van der Waals surface area contributed by atoms with E-state index in [0.717, 1.165) is 95.1 Å². The van der Waals surface area contributed by atoms with E-state index in [1.165, 1.54) is 186 Å². The molecule has 0 radical (unpaired) electrons. The van der Waals surface area contributed by atoms with Gasteiger partial charge in [-0.15, -0.1) is 0 Å². The fourth-order valence-corrected chi connectivity index (χ4v) is 18.6. The summed E-state index contributed by atoms with van der Waals surface area (Å²) >= 11 is 0. The lowest BCUT2D eigenvalue weighted by Gasteiger charge is -2.51. The molecule has 0 bridgehead atoms. The fourth-order valence-electron chi connectivity index (χ4n) is 18.6. The van der Waals surface area contributed by atoms with Gasteiger partial charge in [0, 0.05) is 18.1 Å². The van der Waals surface area contributed by atoms with Crippen LogP contribution in [0.25, 0.3) is 0 Å². The summed E-state index contributed by atoms with van der Waals surface area (Å²) in [6.07, 6.45) is 63.2. The molecule has 0 aromatic rings. The highest BCUT2D eigenvalue weighted by Crippen LogP contribution is 2.56. The van der Waals surface area contributed by atoms with Crippen molar-refractivity contribution in [3.8, 4) is 0 Å². The average Bonchev–Trinajstić information content (AvgIpc) is 3.96. The number of hydrogen-bond acceptors (Lipinski definition) is 2. The summed E-state index contributed by atoms with van der Waals surface area (Å²) in [4.78, 5) is 3.33. The van der Waals surface area contributed by atoms with Gasteiger partial charge in [0.1, 0.15) is 0 Å². The van der Waals surface area contributed by atoms with Crippen LogP contribution in [0.15, 0.2) is 36.0 Å². The van der Waals surface area contributed by atoms with Gasteiger partial charge >= 0.3 is 0 Å². The number of hydrogen-bond donors (Lipinski definition) is 0. The molecule has 10 unspecified atom stereocenters. The van der Waals surface area contributed by atoms with Gasteiger partial charge in [-0.1, -0.05) is 81.7 Å². The maximum atomic E-state index is 7.46. The zero-order valence-electron chi connectivity index (χ0n) is 38.0. The number of allylic oxidation sites excluding steroid dienone is 5. The molecule has 2 nitrogen and oxygen atoms in total. The minimum atomic E-state index is 0.498. The number of rotatable bonds is 8. The first-order valence-electron chi connectivity index (χ1n) is 27.7. The molecule has 0 aromatic carbocycles. The maximum Gasteiger partial charge on any atom is 0.0823 e. The molecule has 328 valence electrons. The second kappa shape index (κ2) is 18.7. The van der Waals surface area contributed by atoms with Gasteiger partial charge in [0.15, 0.2) is 0 Å². The Balaban J connectivity index is 0.730. The molecule has 1 aliphatic heterocycles. The predicted octanol–water partition coefficient (Wildman–Crippen LogP) is 15.2. The highest BCUT2D eigenvalue weighted by molar-refractivity contribution is 5.22. The summed E-state index contributed by atoms with van der Waals surface area (Å²) in [6, 6.07) is 2.63. The molecule has 10 aliphatic carbocycles. The van der Waals surface area contributed by atoms with E-state index in [0.29, 0.717) is 12.2 Å². The van der Waals surface area contributed by atoms with Gasteiger partial charge < -0.3 is 4.74 Å². The molecular weight excluding hydrogens is 715 g/mol. The van der Waals surface area contributed by atoms with Crippen LogP contribution in [0.4, 0.5) is 0 Å². The molecule has 0 aromatic heterocycles. The van der Waals surface area contributed by atoms with E-state index in [4.69, 9.17) is 4.74 Å². The second-order valence-electron chi connectivity index (χ2n) is 24.0. The van der Waals surface area contributed by atoms with E-state index in [9.17, 15) is 0 Å². The third-order valence-corrected chi connectivity index (χ3v) is 21.4. The molecular formula is C57H89NO. The first-order chi connectivity index (χ1) is 29.2. The van der Waals surface area contributed by atoms with Crippen molar-refractivity contribution in [2.75, 3.05) is 0 Å². The van der Waals surface area contributed by atoms with E-state index in [-0.39, 0.29) is 0 Å². The zero-order chi connectivity index (χ0) is 39.1. The SMILES string of the molecule is C1=CC(C2CCC(N(C3CCC(C4CCCC(C5CCCC6C5OC5C(C7CCCCC7)=CCC[C@H]56)C4)CC3)C3CCC(C4CC=CC5CCCC54)CC3)CC2)CCC1. The van der Waals surface area contributed by atoms with Gasteiger partial charge in [-0.3, -0.25) is 4.90 Å². The Labute approximate surface area is 363 Å². The average molecular weight is 804 g/mol. The lowest BCUT2D eigenvalue weighted by Crippen LogP contribution is -2.53. The molecule has 11 rings (SSSR count). The van der Waals surface area contributed by atoms with Gasteiger partial charge in [0.25, 0.3) is 0 Å². The minimum absolute atomic E-state index is 0.498. The zero-order valence-corrected chi connectivity index (χ0v) is 38.0. The highest BCUT2D eigenvalue weighted by Gasteiger charge is 2.53. The van der Waals surface area contributed by atoms with Crippen molar-refractivity contribution in [2.24, 2.45) is 76.9 Å². The summed E-state index contributed by atoms with van der Waals surface area (Å²) in [5.41, 5.74) is 1.80. The van der Waals surface area contributed by atoms with Gasteiger partial charge in [-0.25, -0.2) is 0 Å². The molecule has 1 saturated heterocycles. The van der Waals surface area contributed by atoms with Crippen molar-refractivity contribution in [3.63, 3.8) is 0 Å². The summed E-state index contributed by atoms with van der Waals surface area (Å²) in [7, 11) is 0. The summed E-state index contributed by atoms with van der Waals surface area (Å²) < 4.78 is 7.46. The van der Waals surface area contributed by atoms with Gasteiger partial charge in [0.05, 0.1) is 12.2 Å². The highest BCUT2D eigenvalue weighted by atomic mass is 16.5. The second-order valence-corrected chi connectivity index (χ2v) is 24.0. The standard InChI is InChI=1S/C57H89NO/c1-3-12-39(13-4-1)40-26-32-47(33-27-40)58(49-36-30-44(31-37-49)51-21-9-17-42-16-8-20-50(42)51)48-34-28-41(29-35-48)45-18-7-19-46(38-45)53-23-11-25-55-54-24-10-22-52(56(54)59-57(53)55)43-14-5-2-6-15-43/h3,9,12,17,22,39-51,53-57H,1-2,4-8,10-11,13-16,18-21,23-38H2/t39?,40?,41?,42?,44?,45?,46?,47?,48?,49?,50?,51?,53?,54-,55?,56?,57?/m0/s1. The number of nitrogens with zero attached hydrogens (tertiary/aromatic N) is 1. The van der Waals surface area contributed by atoms with Crippen LogP contribution in [0.5, 0.6) is 0 Å². The Morgan fingerprint density at radius 3 is 1.81 bits per heavy atom. The largest absolute Gasteiger partial charge is 0.370 e. The molecule has 11 atom stereocenters. The molecule has 0 spiro atoms. The number of fused-ring (bicyclic) bond motifs is 4. The van der Waals surface area contributed by atoms with Crippen LogP contribution in [0.3, 0.4) is 0 Å². The summed E-state index contributed by atoms with van der Waals surface area (Å²) in [5, 5.41) is 0. The van der Waals surface area contributed by atoms with Crippen molar-refractivity contribution in [1.29, 1.82) is 0 Å². The summed E-state index contributed by atoms with van der Waals surface area (Å²) in [5.74, 6) is 12.2. The lowest BCUT2D eigenvalue weighted by molar-refractivity contribution is -0.0451. The normalized spacial score (nSPS) is 48.3. The molecule has 0 amide bonds. The Morgan fingerprint density at radius 2 is 1.05 bits per heavy atom. The van der Waals surface area contributed by atoms with E-state index in [1.807, 2.05) is 0 Å². The van der Waals surface area contributed by atoms with Crippen LogP contribution in [0.2, 0.25) is 0 Å². The molecule has 59 heavy (non-hydrogen) atoms. The Kier molecular flexibility index (Phi) is 13.0. The molecule has 2 heteroatoms. The van der Waals surface area contributed by atoms with Crippen molar-refractivity contribution in [2.45, 2.75) is 242 Å². The van der Waals surface area contributed by atoms with Crippen LogP contribution in [-0.2, 0) is 4.74 Å². The van der Waals surface area contributed by atoms with E-state index >= 15 is 0 Å². The first-order valence-corrected chi connectivity index (χ1v) is 27.7. The predicted molar refractivity (Wildman–Crippen MR) is 246 cm³/mol. The molecule has 1 heterocycles. The van der Waals surface area contributed by atoms with E-state index in [2.05, 4.69) is 35.3 Å². The molecule has 11 aliphatic rings. The maximum absolute atomic E-state index is 7.46. The number of ether oxygens (including phenoxy) is 1. The third-order valence-electron chi connectivity index (χ3n) is 21.4. The first kappa shape index (κ1) is 40.9. The van der Waals surface area contributed by atoms with Crippen LogP contribution in [-0.4, -0.2) is 35.2 Å². The smallest absolute Gasteiger partial charge is 0.0823 e. The minimum Gasteiger partial charge on any atom is -0.370 e. The Hall–Kier alpha value is -0.860. The van der Waals surface area contributed by atoms with Crippen LogP contribution in [0.1, 0.15) is 212 Å². The van der Waals surface area contributed by atoms with Crippen LogP contribution in [0, 0.1) is 76.9 Å². The van der Waals surface area contributed by atoms with Gasteiger partial charge in [-0.05, 0) is 243 Å². The molecule has 7 saturated carbocycles. The van der Waals surface area contributed by atoms with Gasteiger partial charge in [0.2, 0.25) is 0 Å². The van der Waals surface area contributed by atoms with Crippen molar-refractivity contribution >= 4 is 0 Å². The van der Waals surface area contributed by atoms with Crippen LogP contribution < -0.4 is 0 Å². The fraction of sp³-hybridized carbons (Fsp3) is 0.895. The van der Waals surface area contributed by atoms with Crippen molar-refractivity contribution < 1.29 is 4.74 Å². The van der Waals surface area contributed by atoms with Crippen molar-refractivity contribution in [1.82, 2.24) is 4.90 Å². The monoisotopic (exact) mass is 804 g/mol.